The second kappa shape index (κ2) is 6.70. The molecule has 1 N–H and O–H groups in total. The average Bonchev–Trinajstić information content (AvgIpc) is 2.67. The predicted octanol–water partition coefficient (Wildman–Crippen LogP) is 4.43. The van der Waals surface area contributed by atoms with Gasteiger partial charge in [-0.2, -0.15) is 11.3 Å². The molecule has 2 nitrogen and oxygen atoms in total. The first-order valence-corrected chi connectivity index (χ1v) is 8.91. The van der Waals surface area contributed by atoms with Crippen molar-refractivity contribution in [2.24, 2.45) is 0 Å². The van der Waals surface area contributed by atoms with Gasteiger partial charge in [0, 0.05) is 15.4 Å². The summed E-state index contributed by atoms with van der Waals surface area (Å²) in [4.78, 5) is 2.46. The van der Waals surface area contributed by atoms with Gasteiger partial charge in [0.15, 0.2) is 0 Å². The van der Waals surface area contributed by atoms with Crippen molar-refractivity contribution < 1.29 is 0 Å². The Bertz CT molecular complexity index is 395. The van der Waals surface area contributed by atoms with E-state index in [0.717, 1.165) is 0 Å². The Hall–Kier alpha value is 0.1000. The lowest BCUT2D eigenvalue weighted by atomic mass is 9.79. The van der Waals surface area contributed by atoms with Gasteiger partial charge in [-0.25, -0.2) is 0 Å². The molecule has 1 aliphatic rings. The molecule has 1 aromatic rings. The Morgan fingerprint density at radius 2 is 1.84 bits per heavy atom. The van der Waals surface area contributed by atoms with E-state index in [1.54, 1.807) is 11.3 Å². The van der Waals surface area contributed by atoms with Gasteiger partial charge in [-0.1, -0.05) is 25.7 Å². The SMILES string of the molecule is CNC(c1cscc1Br)C1(N(C)C)CCCCCC1. The van der Waals surface area contributed by atoms with Crippen molar-refractivity contribution >= 4 is 27.3 Å². The largest absolute Gasteiger partial charge is 0.311 e. The fourth-order valence-corrected chi connectivity index (χ4v) is 5.10. The molecular weight excluding hydrogens is 320 g/mol. The monoisotopic (exact) mass is 344 g/mol. The van der Waals surface area contributed by atoms with Crippen molar-refractivity contribution in [1.82, 2.24) is 10.2 Å². The third kappa shape index (κ3) is 3.07. The van der Waals surface area contributed by atoms with Gasteiger partial charge < -0.3 is 10.2 Å². The maximum atomic E-state index is 3.72. The number of thiophene rings is 1. The Morgan fingerprint density at radius 1 is 1.21 bits per heavy atom. The Kier molecular flexibility index (Phi) is 5.46. The lowest BCUT2D eigenvalue weighted by Gasteiger charge is -2.46. The summed E-state index contributed by atoms with van der Waals surface area (Å²) in [7, 11) is 6.59. The minimum atomic E-state index is 0.245. The molecule has 1 fully saturated rings. The van der Waals surface area contributed by atoms with Crippen LogP contribution in [0.5, 0.6) is 0 Å². The number of likely N-dealkylation sites (N-methyl/N-ethyl adjacent to an activating group) is 2. The molecule has 1 saturated carbocycles. The molecule has 1 aliphatic carbocycles. The highest BCUT2D eigenvalue weighted by Gasteiger charge is 2.41. The van der Waals surface area contributed by atoms with Crippen molar-refractivity contribution in [3.8, 4) is 0 Å². The van der Waals surface area contributed by atoms with Gasteiger partial charge >= 0.3 is 0 Å². The van der Waals surface area contributed by atoms with Crippen LogP contribution in [0.2, 0.25) is 0 Å². The molecule has 1 heterocycles. The first-order valence-electron chi connectivity index (χ1n) is 7.18. The minimum absolute atomic E-state index is 0.245. The summed E-state index contributed by atoms with van der Waals surface area (Å²) < 4.78 is 1.25. The summed E-state index contributed by atoms with van der Waals surface area (Å²) in [6, 6.07) is 0.404. The average molecular weight is 345 g/mol. The van der Waals surface area contributed by atoms with E-state index < -0.39 is 0 Å². The molecule has 2 rings (SSSR count). The van der Waals surface area contributed by atoms with Crippen molar-refractivity contribution in [2.45, 2.75) is 50.1 Å². The van der Waals surface area contributed by atoms with E-state index in [-0.39, 0.29) is 5.54 Å². The highest BCUT2D eigenvalue weighted by Crippen LogP contribution is 2.43. The molecule has 0 aromatic carbocycles. The van der Waals surface area contributed by atoms with E-state index in [4.69, 9.17) is 0 Å². The molecular formula is C15H25BrN2S. The highest BCUT2D eigenvalue weighted by molar-refractivity contribution is 9.10. The molecule has 0 spiro atoms. The van der Waals surface area contributed by atoms with Gasteiger partial charge in [0.2, 0.25) is 0 Å². The van der Waals surface area contributed by atoms with Crippen molar-refractivity contribution in [3.63, 3.8) is 0 Å². The second-order valence-electron chi connectivity index (χ2n) is 5.81. The van der Waals surface area contributed by atoms with Gasteiger partial charge in [-0.05, 0) is 60.9 Å². The fourth-order valence-electron chi connectivity index (χ4n) is 3.55. The summed E-state index contributed by atoms with van der Waals surface area (Å²) in [6.07, 6.45) is 8.03. The first kappa shape index (κ1) is 15.5. The van der Waals surface area contributed by atoms with Crippen LogP contribution in [0.1, 0.15) is 50.1 Å². The summed E-state index contributed by atoms with van der Waals surface area (Å²) in [5, 5.41) is 8.09. The summed E-state index contributed by atoms with van der Waals surface area (Å²) in [5.41, 5.74) is 1.66. The molecule has 108 valence electrons. The van der Waals surface area contributed by atoms with Crippen LogP contribution < -0.4 is 5.32 Å². The summed E-state index contributed by atoms with van der Waals surface area (Å²) >= 11 is 5.50. The molecule has 1 unspecified atom stereocenters. The predicted molar refractivity (Wildman–Crippen MR) is 87.9 cm³/mol. The first-order chi connectivity index (χ1) is 9.12. The minimum Gasteiger partial charge on any atom is -0.311 e. The van der Waals surface area contributed by atoms with E-state index in [9.17, 15) is 0 Å². The van der Waals surface area contributed by atoms with Crippen LogP contribution in [0.4, 0.5) is 0 Å². The molecule has 0 amide bonds. The second-order valence-corrected chi connectivity index (χ2v) is 7.41. The standard InChI is InChI=1S/C15H25BrN2S/c1-17-14(12-10-19-11-13(12)16)15(18(2)3)8-6-4-5-7-9-15/h10-11,14,17H,4-9H2,1-3H3. The molecule has 4 heteroatoms. The van der Waals surface area contributed by atoms with Crippen LogP contribution in [0.15, 0.2) is 15.2 Å². The van der Waals surface area contributed by atoms with E-state index in [2.05, 4.69) is 58.0 Å². The fraction of sp³-hybridized carbons (Fsp3) is 0.733. The molecule has 1 aromatic heterocycles. The van der Waals surface area contributed by atoms with Crippen LogP contribution in [-0.2, 0) is 0 Å². The lowest BCUT2D eigenvalue weighted by molar-refractivity contribution is 0.0833. The van der Waals surface area contributed by atoms with Crippen LogP contribution in [-0.4, -0.2) is 31.6 Å². The maximum Gasteiger partial charge on any atom is 0.0524 e. The number of hydrogen-bond acceptors (Lipinski definition) is 3. The zero-order valence-electron chi connectivity index (χ0n) is 12.2. The van der Waals surface area contributed by atoms with Crippen LogP contribution in [0.25, 0.3) is 0 Å². The van der Waals surface area contributed by atoms with E-state index in [1.807, 2.05) is 0 Å². The van der Waals surface area contributed by atoms with Gasteiger partial charge in [0.05, 0.1) is 6.04 Å². The number of nitrogens with zero attached hydrogens (tertiary/aromatic N) is 1. The van der Waals surface area contributed by atoms with Crippen molar-refractivity contribution in [2.75, 3.05) is 21.1 Å². The van der Waals surface area contributed by atoms with Crippen LogP contribution in [0.3, 0.4) is 0 Å². The molecule has 0 radical (unpaired) electrons. The highest BCUT2D eigenvalue weighted by atomic mass is 79.9. The van der Waals surface area contributed by atoms with Gasteiger partial charge in [-0.15, -0.1) is 0 Å². The van der Waals surface area contributed by atoms with Gasteiger partial charge in [0.1, 0.15) is 0 Å². The number of nitrogens with one attached hydrogen (secondary N) is 1. The van der Waals surface area contributed by atoms with Crippen LogP contribution >= 0.6 is 27.3 Å². The molecule has 0 saturated heterocycles. The molecule has 0 aliphatic heterocycles. The van der Waals surface area contributed by atoms with Crippen molar-refractivity contribution in [1.29, 1.82) is 0 Å². The Morgan fingerprint density at radius 3 is 2.26 bits per heavy atom. The Labute approximate surface area is 129 Å². The molecule has 0 bridgehead atoms. The molecule has 1 atom stereocenters. The smallest absolute Gasteiger partial charge is 0.0524 e. The van der Waals surface area contributed by atoms with Gasteiger partial charge in [0.25, 0.3) is 0 Å². The third-order valence-corrected chi connectivity index (χ3v) is 6.39. The normalized spacial score (nSPS) is 21.3. The number of rotatable bonds is 4. The topological polar surface area (TPSA) is 15.3 Å². The zero-order valence-corrected chi connectivity index (χ0v) is 14.6. The number of hydrogen-bond donors (Lipinski definition) is 1. The zero-order chi connectivity index (χ0) is 13.9. The maximum absolute atomic E-state index is 3.72. The van der Waals surface area contributed by atoms with Gasteiger partial charge in [-0.3, -0.25) is 0 Å². The van der Waals surface area contributed by atoms with E-state index in [1.165, 1.54) is 48.6 Å². The number of halogens is 1. The van der Waals surface area contributed by atoms with E-state index in [0.29, 0.717) is 6.04 Å². The summed E-state index contributed by atoms with van der Waals surface area (Å²) in [5.74, 6) is 0. The van der Waals surface area contributed by atoms with Crippen LogP contribution in [0, 0.1) is 0 Å². The molecule has 19 heavy (non-hydrogen) atoms. The third-order valence-electron chi connectivity index (χ3n) is 4.64. The summed E-state index contributed by atoms with van der Waals surface area (Å²) in [6.45, 7) is 0. The van der Waals surface area contributed by atoms with E-state index >= 15 is 0 Å². The lowest BCUT2D eigenvalue weighted by Crippen LogP contribution is -2.52. The quantitative estimate of drug-likeness (QED) is 0.813. The van der Waals surface area contributed by atoms with Crippen molar-refractivity contribution in [3.05, 3.63) is 20.8 Å². The Balaban J connectivity index is 2.37.